The Hall–Kier alpha value is -3.52. The first kappa shape index (κ1) is 25.1. The number of hydrogen-bond acceptors (Lipinski definition) is 5. The van der Waals surface area contributed by atoms with Crippen molar-refractivity contribution < 1.29 is 22.7 Å². The number of ether oxygens (including phenoxy) is 2. The molecule has 0 unspecified atom stereocenters. The lowest BCUT2D eigenvalue weighted by Gasteiger charge is -2.26. The normalized spacial score (nSPS) is 11.2. The Labute approximate surface area is 201 Å². The van der Waals surface area contributed by atoms with Crippen LogP contribution in [0.25, 0.3) is 0 Å². The highest BCUT2D eigenvalue weighted by Gasteiger charge is 2.30. The Morgan fingerprint density at radius 2 is 1.59 bits per heavy atom. The van der Waals surface area contributed by atoms with Crippen LogP contribution in [0.4, 0.5) is 11.4 Å². The Balaban J connectivity index is 2.00. The summed E-state index contributed by atoms with van der Waals surface area (Å²) in [5.74, 6) is 0.605. The molecule has 0 atom stereocenters. The molecule has 0 spiro atoms. The van der Waals surface area contributed by atoms with Gasteiger partial charge in [0, 0.05) is 11.8 Å². The fourth-order valence-electron chi connectivity index (χ4n) is 3.41. The van der Waals surface area contributed by atoms with Gasteiger partial charge in [-0.1, -0.05) is 43.7 Å². The van der Waals surface area contributed by atoms with E-state index in [4.69, 9.17) is 9.47 Å². The zero-order valence-electron chi connectivity index (χ0n) is 20.0. The molecular formula is C26H30N2O5S. The third-order valence-electron chi connectivity index (χ3n) is 5.41. The number of sulfonamides is 1. The van der Waals surface area contributed by atoms with Crippen LogP contribution in [0.5, 0.6) is 11.5 Å². The maximum atomic E-state index is 13.7. The molecule has 180 valence electrons. The van der Waals surface area contributed by atoms with Gasteiger partial charge >= 0.3 is 0 Å². The van der Waals surface area contributed by atoms with Crippen molar-refractivity contribution in [2.75, 3.05) is 30.4 Å². The second-order valence-electron chi connectivity index (χ2n) is 8.19. The molecule has 3 aromatic rings. The fourth-order valence-corrected chi connectivity index (χ4v) is 4.83. The quantitative estimate of drug-likeness (QED) is 0.465. The minimum absolute atomic E-state index is 0.0667. The molecule has 0 aromatic heterocycles. The van der Waals surface area contributed by atoms with E-state index in [-0.39, 0.29) is 10.6 Å². The van der Waals surface area contributed by atoms with Gasteiger partial charge < -0.3 is 14.8 Å². The summed E-state index contributed by atoms with van der Waals surface area (Å²) in [4.78, 5) is 13.1. The SMILES string of the molecule is COc1ccc(OC)c(N(CC(=O)Nc2ccc(C(C)C)cc2)S(=O)(=O)c2ccc(C)cc2)c1. The van der Waals surface area contributed by atoms with E-state index in [0.29, 0.717) is 23.1 Å². The minimum Gasteiger partial charge on any atom is -0.497 e. The van der Waals surface area contributed by atoms with Crippen LogP contribution in [0, 0.1) is 6.92 Å². The minimum atomic E-state index is -4.10. The number of carbonyl (C=O) groups is 1. The fraction of sp³-hybridized carbons (Fsp3) is 0.269. The van der Waals surface area contributed by atoms with Gasteiger partial charge in [-0.25, -0.2) is 8.42 Å². The summed E-state index contributed by atoms with van der Waals surface area (Å²) < 4.78 is 39.1. The molecule has 0 aliphatic heterocycles. The smallest absolute Gasteiger partial charge is 0.264 e. The Bertz CT molecular complexity index is 1240. The Morgan fingerprint density at radius 3 is 2.15 bits per heavy atom. The number of nitrogens with zero attached hydrogens (tertiary/aromatic N) is 1. The first-order chi connectivity index (χ1) is 16.1. The molecular weight excluding hydrogens is 452 g/mol. The van der Waals surface area contributed by atoms with Crippen LogP contribution in [-0.2, 0) is 14.8 Å². The van der Waals surface area contributed by atoms with E-state index in [1.165, 1.54) is 32.4 Å². The summed E-state index contributed by atoms with van der Waals surface area (Å²) in [5.41, 5.74) is 2.85. The number of benzene rings is 3. The van der Waals surface area contributed by atoms with E-state index in [1.807, 2.05) is 19.1 Å². The zero-order valence-corrected chi connectivity index (χ0v) is 20.8. The van der Waals surface area contributed by atoms with E-state index in [2.05, 4.69) is 19.2 Å². The largest absolute Gasteiger partial charge is 0.497 e. The van der Waals surface area contributed by atoms with Crippen molar-refractivity contribution in [2.45, 2.75) is 31.6 Å². The number of methoxy groups -OCH3 is 2. The number of amides is 1. The predicted molar refractivity (Wildman–Crippen MR) is 134 cm³/mol. The van der Waals surface area contributed by atoms with Crippen molar-refractivity contribution in [2.24, 2.45) is 0 Å². The lowest BCUT2D eigenvalue weighted by molar-refractivity contribution is -0.114. The zero-order chi connectivity index (χ0) is 24.9. The van der Waals surface area contributed by atoms with Gasteiger partial charge in [0.2, 0.25) is 5.91 Å². The van der Waals surface area contributed by atoms with Gasteiger partial charge in [0.1, 0.15) is 18.0 Å². The molecule has 0 bridgehead atoms. The van der Waals surface area contributed by atoms with Crippen molar-refractivity contribution in [1.82, 2.24) is 0 Å². The second-order valence-corrected chi connectivity index (χ2v) is 10.0. The molecule has 1 N–H and O–H groups in total. The maximum Gasteiger partial charge on any atom is 0.264 e. The second kappa shape index (κ2) is 10.6. The molecule has 0 aliphatic rings. The predicted octanol–water partition coefficient (Wildman–Crippen LogP) is 4.97. The van der Waals surface area contributed by atoms with E-state index in [0.717, 1.165) is 15.4 Å². The molecule has 0 saturated heterocycles. The lowest BCUT2D eigenvalue weighted by atomic mass is 10.0. The first-order valence-corrected chi connectivity index (χ1v) is 12.3. The molecule has 34 heavy (non-hydrogen) atoms. The number of anilines is 2. The van der Waals surface area contributed by atoms with Crippen molar-refractivity contribution in [1.29, 1.82) is 0 Å². The number of rotatable bonds is 9. The van der Waals surface area contributed by atoms with Crippen molar-refractivity contribution >= 4 is 27.3 Å². The molecule has 0 saturated carbocycles. The molecule has 0 fully saturated rings. The van der Waals surface area contributed by atoms with E-state index >= 15 is 0 Å². The van der Waals surface area contributed by atoms with Crippen LogP contribution in [0.2, 0.25) is 0 Å². The summed E-state index contributed by atoms with van der Waals surface area (Å²) in [7, 11) is -1.17. The average Bonchev–Trinajstić information content (AvgIpc) is 2.82. The van der Waals surface area contributed by atoms with Gasteiger partial charge in [-0.2, -0.15) is 0 Å². The highest BCUT2D eigenvalue weighted by Crippen LogP contribution is 2.35. The molecule has 0 heterocycles. The highest BCUT2D eigenvalue weighted by molar-refractivity contribution is 7.92. The van der Waals surface area contributed by atoms with E-state index < -0.39 is 22.5 Å². The number of carbonyl (C=O) groups excluding carboxylic acids is 1. The topological polar surface area (TPSA) is 84.9 Å². The Morgan fingerprint density at radius 1 is 0.941 bits per heavy atom. The summed E-state index contributed by atoms with van der Waals surface area (Å²) in [5, 5.41) is 2.79. The van der Waals surface area contributed by atoms with Crippen molar-refractivity contribution in [3.05, 3.63) is 77.9 Å². The van der Waals surface area contributed by atoms with Gasteiger partial charge in [-0.15, -0.1) is 0 Å². The van der Waals surface area contributed by atoms with Gasteiger partial charge in [-0.3, -0.25) is 9.10 Å². The van der Waals surface area contributed by atoms with Crippen LogP contribution in [0.1, 0.15) is 30.9 Å². The van der Waals surface area contributed by atoms with Gasteiger partial charge in [0.25, 0.3) is 10.0 Å². The summed E-state index contributed by atoms with van der Waals surface area (Å²) in [6.45, 7) is 5.59. The van der Waals surface area contributed by atoms with Crippen LogP contribution in [0.15, 0.2) is 71.6 Å². The van der Waals surface area contributed by atoms with E-state index in [9.17, 15) is 13.2 Å². The van der Waals surface area contributed by atoms with Crippen LogP contribution in [-0.4, -0.2) is 35.1 Å². The van der Waals surface area contributed by atoms with Crippen LogP contribution < -0.4 is 19.1 Å². The average molecular weight is 483 g/mol. The van der Waals surface area contributed by atoms with Gasteiger partial charge in [0.15, 0.2) is 0 Å². The molecule has 3 rings (SSSR count). The molecule has 8 heteroatoms. The molecule has 0 radical (unpaired) electrons. The Kier molecular flexibility index (Phi) is 7.83. The van der Waals surface area contributed by atoms with Crippen molar-refractivity contribution in [3.8, 4) is 11.5 Å². The third-order valence-corrected chi connectivity index (χ3v) is 7.19. The lowest BCUT2D eigenvalue weighted by Crippen LogP contribution is -2.38. The maximum absolute atomic E-state index is 13.7. The standard InChI is InChI=1S/C26H30N2O5S/c1-18(2)20-8-10-21(11-9-20)27-26(29)17-28(24-16-22(32-4)12-15-25(24)33-5)34(30,31)23-13-6-19(3)7-14-23/h6-16,18H,17H2,1-5H3,(H,27,29). The summed E-state index contributed by atoms with van der Waals surface area (Å²) >= 11 is 0. The number of aryl methyl sites for hydroxylation is 1. The molecule has 0 aliphatic carbocycles. The first-order valence-electron chi connectivity index (χ1n) is 10.9. The number of hydrogen-bond donors (Lipinski definition) is 1. The van der Waals surface area contributed by atoms with Crippen molar-refractivity contribution in [3.63, 3.8) is 0 Å². The van der Waals surface area contributed by atoms with E-state index in [1.54, 1.807) is 36.4 Å². The third kappa shape index (κ3) is 5.69. The molecule has 7 nitrogen and oxygen atoms in total. The molecule has 1 amide bonds. The van der Waals surface area contributed by atoms with Gasteiger partial charge in [0.05, 0.1) is 24.8 Å². The van der Waals surface area contributed by atoms with Crippen LogP contribution in [0.3, 0.4) is 0 Å². The number of nitrogens with one attached hydrogen (secondary N) is 1. The highest BCUT2D eigenvalue weighted by atomic mass is 32.2. The monoisotopic (exact) mass is 482 g/mol. The summed E-state index contributed by atoms with van der Waals surface area (Å²) in [6, 6.07) is 18.8. The summed E-state index contributed by atoms with van der Waals surface area (Å²) in [6.07, 6.45) is 0. The van der Waals surface area contributed by atoms with Crippen LogP contribution >= 0.6 is 0 Å². The molecule has 3 aromatic carbocycles. The van der Waals surface area contributed by atoms with Gasteiger partial charge in [-0.05, 0) is 54.8 Å².